The Morgan fingerprint density at radius 2 is 1.95 bits per heavy atom. The summed E-state index contributed by atoms with van der Waals surface area (Å²) in [5.74, 6) is 1.98. The fourth-order valence-corrected chi connectivity index (χ4v) is 2.36. The maximum Gasteiger partial charge on any atom is 0.222 e. The first kappa shape index (κ1) is 15.4. The second-order valence-electron chi connectivity index (χ2n) is 4.34. The monoisotopic (exact) mass is 398 g/mol. The fourth-order valence-electron chi connectivity index (χ4n) is 1.70. The second-order valence-corrected chi connectivity index (χ2v) is 5.51. The van der Waals surface area contributed by atoms with E-state index in [0.717, 1.165) is 20.5 Å². The Kier molecular flexibility index (Phi) is 4.51. The van der Waals surface area contributed by atoms with Crippen LogP contribution in [0.4, 0.5) is 11.8 Å². The zero-order valence-electron chi connectivity index (χ0n) is 11.7. The van der Waals surface area contributed by atoms with Crippen LogP contribution in [0.3, 0.4) is 0 Å². The van der Waals surface area contributed by atoms with Crippen LogP contribution < -0.4 is 20.9 Å². The Labute approximate surface area is 136 Å². The standard InChI is InChI=1S/C14H15IN4O2/c1-7(2)8-4-11(20-3)9(15)5-10(8)21-12-6-18-14(17)19-13(12)16/h4-6H,1H2,2-3H3,(H4,16,17,18,19). The predicted octanol–water partition coefficient (Wildman–Crippen LogP) is 3.08. The Balaban J connectivity index is 2.47. The molecular weight excluding hydrogens is 383 g/mol. The van der Waals surface area contributed by atoms with Gasteiger partial charge < -0.3 is 20.9 Å². The number of allylic oxidation sites excluding steroid dienone is 1. The summed E-state index contributed by atoms with van der Waals surface area (Å²) in [4.78, 5) is 7.75. The van der Waals surface area contributed by atoms with Crippen LogP contribution in [-0.4, -0.2) is 17.1 Å². The number of hydrogen-bond acceptors (Lipinski definition) is 6. The zero-order valence-corrected chi connectivity index (χ0v) is 13.8. The van der Waals surface area contributed by atoms with Gasteiger partial charge in [0.2, 0.25) is 5.95 Å². The first-order chi connectivity index (χ1) is 9.92. The molecule has 0 radical (unpaired) electrons. The fraction of sp³-hybridized carbons (Fsp3) is 0.143. The maximum atomic E-state index is 5.81. The lowest BCUT2D eigenvalue weighted by atomic mass is 10.1. The molecule has 2 rings (SSSR count). The SMILES string of the molecule is C=C(C)c1cc(OC)c(I)cc1Oc1cnc(N)nc1N. The van der Waals surface area contributed by atoms with E-state index in [1.165, 1.54) is 6.20 Å². The van der Waals surface area contributed by atoms with E-state index in [0.29, 0.717) is 11.5 Å². The number of nitrogens with zero attached hydrogens (tertiary/aromatic N) is 2. The second kappa shape index (κ2) is 6.17. The van der Waals surface area contributed by atoms with Gasteiger partial charge in [0.15, 0.2) is 11.6 Å². The molecule has 0 amide bonds. The van der Waals surface area contributed by atoms with Gasteiger partial charge in [-0.05, 0) is 47.2 Å². The highest BCUT2D eigenvalue weighted by Crippen LogP contribution is 2.37. The third-order valence-corrected chi connectivity index (χ3v) is 3.58. The summed E-state index contributed by atoms with van der Waals surface area (Å²) in [6.07, 6.45) is 1.44. The zero-order chi connectivity index (χ0) is 15.6. The van der Waals surface area contributed by atoms with Crippen molar-refractivity contribution in [1.82, 2.24) is 9.97 Å². The van der Waals surface area contributed by atoms with Crippen molar-refractivity contribution in [1.29, 1.82) is 0 Å². The van der Waals surface area contributed by atoms with Crippen molar-refractivity contribution in [2.45, 2.75) is 6.92 Å². The van der Waals surface area contributed by atoms with Gasteiger partial charge >= 0.3 is 0 Å². The number of nitrogen functional groups attached to an aromatic ring is 2. The highest BCUT2D eigenvalue weighted by molar-refractivity contribution is 14.1. The van der Waals surface area contributed by atoms with Gasteiger partial charge in [0.1, 0.15) is 11.5 Å². The summed E-state index contributed by atoms with van der Waals surface area (Å²) >= 11 is 2.17. The molecule has 6 nitrogen and oxygen atoms in total. The van der Waals surface area contributed by atoms with Crippen LogP contribution in [0.15, 0.2) is 24.9 Å². The van der Waals surface area contributed by atoms with Gasteiger partial charge in [-0.25, -0.2) is 4.98 Å². The highest BCUT2D eigenvalue weighted by Gasteiger charge is 2.13. The average Bonchev–Trinajstić information content (AvgIpc) is 2.41. The van der Waals surface area contributed by atoms with Crippen LogP contribution in [0, 0.1) is 3.57 Å². The molecule has 1 aromatic heterocycles. The molecule has 0 saturated carbocycles. The average molecular weight is 398 g/mol. The number of hydrogen-bond donors (Lipinski definition) is 2. The third kappa shape index (κ3) is 3.35. The molecule has 7 heteroatoms. The van der Waals surface area contributed by atoms with Gasteiger partial charge in [-0.15, -0.1) is 0 Å². The number of anilines is 2. The number of nitrogens with two attached hydrogens (primary N) is 2. The highest BCUT2D eigenvalue weighted by atomic mass is 127. The van der Waals surface area contributed by atoms with E-state index in [1.807, 2.05) is 19.1 Å². The van der Waals surface area contributed by atoms with E-state index < -0.39 is 0 Å². The Morgan fingerprint density at radius 1 is 1.24 bits per heavy atom. The summed E-state index contributed by atoms with van der Waals surface area (Å²) in [5.41, 5.74) is 12.9. The Hall–Kier alpha value is -2.03. The van der Waals surface area contributed by atoms with Gasteiger partial charge in [0, 0.05) is 5.56 Å². The lowest BCUT2D eigenvalue weighted by molar-refractivity contribution is 0.409. The van der Waals surface area contributed by atoms with Crippen molar-refractivity contribution >= 4 is 39.9 Å². The summed E-state index contributed by atoms with van der Waals surface area (Å²) in [5, 5.41) is 0. The van der Waals surface area contributed by atoms with Crippen LogP contribution in [0.25, 0.3) is 5.57 Å². The Morgan fingerprint density at radius 3 is 2.52 bits per heavy atom. The topological polar surface area (TPSA) is 96.3 Å². The van der Waals surface area contributed by atoms with Crippen molar-refractivity contribution in [2.24, 2.45) is 0 Å². The number of rotatable bonds is 4. The minimum Gasteiger partial charge on any atom is -0.496 e. The molecule has 0 aliphatic rings. The molecule has 0 aliphatic carbocycles. The molecule has 21 heavy (non-hydrogen) atoms. The van der Waals surface area contributed by atoms with Crippen LogP contribution >= 0.6 is 22.6 Å². The van der Waals surface area contributed by atoms with E-state index in [9.17, 15) is 0 Å². The molecule has 0 bridgehead atoms. The van der Waals surface area contributed by atoms with Gasteiger partial charge in [-0.2, -0.15) is 4.98 Å². The molecule has 110 valence electrons. The summed E-state index contributed by atoms with van der Waals surface area (Å²) in [6, 6.07) is 3.72. The van der Waals surface area contributed by atoms with Crippen LogP contribution in [0.1, 0.15) is 12.5 Å². The van der Waals surface area contributed by atoms with Crippen molar-refractivity contribution in [2.75, 3.05) is 18.6 Å². The normalized spacial score (nSPS) is 10.2. The molecule has 0 saturated heterocycles. The first-order valence-corrected chi connectivity index (χ1v) is 7.09. The molecule has 1 aromatic carbocycles. The van der Waals surface area contributed by atoms with Crippen molar-refractivity contribution in [3.63, 3.8) is 0 Å². The molecule has 2 aromatic rings. The van der Waals surface area contributed by atoms with Crippen molar-refractivity contribution in [3.8, 4) is 17.2 Å². The Bertz CT molecular complexity index is 704. The molecule has 0 spiro atoms. The third-order valence-electron chi connectivity index (χ3n) is 2.74. The minimum atomic E-state index is 0.101. The van der Waals surface area contributed by atoms with Crippen LogP contribution in [-0.2, 0) is 0 Å². The van der Waals surface area contributed by atoms with Gasteiger partial charge in [0.05, 0.1) is 16.9 Å². The minimum absolute atomic E-state index is 0.101. The number of ether oxygens (including phenoxy) is 2. The first-order valence-electron chi connectivity index (χ1n) is 6.01. The van der Waals surface area contributed by atoms with E-state index in [2.05, 4.69) is 39.1 Å². The lowest BCUT2D eigenvalue weighted by Crippen LogP contribution is -2.02. The van der Waals surface area contributed by atoms with Crippen molar-refractivity contribution < 1.29 is 9.47 Å². The number of halogens is 1. The smallest absolute Gasteiger partial charge is 0.222 e. The molecule has 4 N–H and O–H groups in total. The lowest BCUT2D eigenvalue weighted by Gasteiger charge is -2.14. The van der Waals surface area contributed by atoms with Gasteiger partial charge in [0.25, 0.3) is 0 Å². The van der Waals surface area contributed by atoms with E-state index in [-0.39, 0.29) is 11.8 Å². The van der Waals surface area contributed by atoms with E-state index >= 15 is 0 Å². The van der Waals surface area contributed by atoms with Crippen LogP contribution in [0.5, 0.6) is 17.2 Å². The largest absolute Gasteiger partial charge is 0.496 e. The summed E-state index contributed by atoms with van der Waals surface area (Å²) < 4.78 is 12.0. The molecule has 1 heterocycles. The van der Waals surface area contributed by atoms with E-state index in [4.69, 9.17) is 20.9 Å². The summed E-state index contributed by atoms with van der Waals surface area (Å²) in [6.45, 7) is 5.84. The maximum absolute atomic E-state index is 5.81. The quantitative estimate of drug-likeness (QED) is 0.769. The number of benzene rings is 1. The predicted molar refractivity (Wildman–Crippen MR) is 91.3 cm³/mol. The van der Waals surface area contributed by atoms with Gasteiger partial charge in [-0.1, -0.05) is 6.58 Å². The van der Waals surface area contributed by atoms with E-state index in [1.54, 1.807) is 7.11 Å². The molecule has 0 fully saturated rings. The molecule has 0 aliphatic heterocycles. The number of aromatic nitrogens is 2. The van der Waals surface area contributed by atoms with Crippen LogP contribution in [0.2, 0.25) is 0 Å². The molecular formula is C14H15IN4O2. The summed E-state index contributed by atoms with van der Waals surface area (Å²) in [7, 11) is 1.62. The van der Waals surface area contributed by atoms with Crippen molar-refractivity contribution in [3.05, 3.63) is 34.0 Å². The number of methoxy groups -OCH3 is 1. The molecule has 0 unspecified atom stereocenters. The molecule has 0 atom stereocenters. The van der Waals surface area contributed by atoms with Gasteiger partial charge in [-0.3, -0.25) is 0 Å².